The van der Waals surface area contributed by atoms with Gasteiger partial charge in [-0.3, -0.25) is 0 Å². The van der Waals surface area contributed by atoms with Crippen LogP contribution in [0.15, 0.2) is 109 Å². The molecule has 0 aliphatic carbocycles. The van der Waals surface area contributed by atoms with E-state index in [2.05, 4.69) is 146 Å². The number of nitrogens with zero attached hydrogens (tertiary/aromatic N) is 2. The monoisotopic (exact) mass is 818 g/mol. The molecule has 0 bridgehead atoms. The van der Waals surface area contributed by atoms with Crippen molar-refractivity contribution in [2.45, 2.75) is 79.1 Å². The normalized spacial score (nSPS) is 11.4. The van der Waals surface area contributed by atoms with Crippen LogP contribution in [0.3, 0.4) is 0 Å². The van der Waals surface area contributed by atoms with Gasteiger partial charge >= 0.3 is 0 Å². The van der Waals surface area contributed by atoms with Gasteiger partial charge in [-0.2, -0.15) is 0 Å². The van der Waals surface area contributed by atoms with E-state index in [1.165, 1.54) is 123 Å². The highest BCUT2D eigenvalue weighted by atomic mass is 32.1. The maximum atomic E-state index is 2.57. The molecule has 5 aromatic heterocycles. The molecular weight excluding hydrogens is 765 g/mol. The zero-order valence-corrected chi connectivity index (χ0v) is 36.9. The van der Waals surface area contributed by atoms with Crippen molar-refractivity contribution in [2.75, 3.05) is 36.0 Å². The summed E-state index contributed by atoms with van der Waals surface area (Å²) in [5.41, 5.74) is 6.63. The Bertz CT molecular complexity index is 2040. The first kappa shape index (κ1) is 39.8. The Balaban J connectivity index is 1.19. The molecule has 0 aliphatic heterocycles. The fourth-order valence-electron chi connectivity index (χ4n) is 6.96. The Hall–Kier alpha value is -3.46. The van der Waals surface area contributed by atoms with Crippen LogP contribution in [-0.2, 0) is 0 Å². The Kier molecular flexibility index (Phi) is 14.2. The Morgan fingerprint density at radius 2 is 0.836 bits per heavy atom. The smallest absolute Gasteiger partial charge is 0.0536 e. The van der Waals surface area contributed by atoms with Crippen molar-refractivity contribution < 1.29 is 0 Å². The lowest BCUT2D eigenvalue weighted by Gasteiger charge is -2.24. The highest BCUT2D eigenvalue weighted by Crippen LogP contribution is 2.50. The molecule has 5 heterocycles. The summed E-state index contributed by atoms with van der Waals surface area (Å²) in [6, 6.07) is 39.5. The summed E-state index contributed by atoms with van der Waals surface area (Å²) in [6.45, 7) is 13.7. The van der Waals surface area contributed by atoms with Crippen molar-refractivity contribution in [3.05, 3.63) is 109 Å². The third-order valence-corrected chi connectivity index (χ3v) is 16.2. The van der Waals surface area contributed by atoms with Crippen molar-refractivity contribution in [1.29, 1.82) is 0 Å². The molecule has 7 heteroatoms. The zero-order valence-electron chi connectivity index (χ0n) is 32.8. The van der Waals surface area contributed by atoms with Gasteiger partial charge in [-0.15, -0.1) is 56.7 Å². The molecule has 0 amide bonds. The molecule has 0 atom stereocenters. The van der Waals surface area contributed by atoms with E-state index in [0.717, 1.165) is 26.2 Å². The van der Waals surface area contributed by atoms with Crippen LogP contribution in [0.25, 0.3) is 60.6 Å². The van der Waals surface area contributed by atoms with Crippen LogP contribution in [0.1, 0.15) is 79.1 Å². The molecule has 7 aromatic rings. The first-order valence-corrected chi connectivity index (χ1v) is 24.4. The average molecular weight is 819 g/mol. The summed E-state index contributed by atoms with van der Waals surface area (Å²) < 4.78 is 0. The van der Waals surface area contributed by atoms with Gasteiger partial charge < -0.3 is 9.80 Å². The molecule has 0 unspecified atom stereocenters. The van der Waals surface area contributed by atoms with E-state index < -0.39 is 0 Å². The van der Waals surface area contributed by atoms with E-state index in [1.54, 1.807) is 0 Å². The number of hydrogen-bond donors (Lipinski definition) is 0. The molecule has 0 spiro atoms. The molecule has 0 saturated heterocycles. The van der Waals surface area contributed by atoms with Crippen LogP contribution < -0.4 is 9.80 Å². The summed E-state index contributed by atoms with van der Waals surface area (Å²) in [4.78, 5) is 17.2. The highest BCUT2D eigenvalue weighted by molar-refractivity contribution is 7.29. The molecular formula is C48H54N2S5. The molecule has 2 aromatic carbocycles. The predicted molar refractivity (Wildman–Crippen MR) is 253 cm³/mol. The van der Waals surface area contributed by atoms with Gasteiger partial charge in [0.25, 0.3) is 0 Å². The average Bonchev–Trinajstić information content (AvgIpc) is 4.07. The number of anilines is 2. The van der Waals surface area contributed by atoms with Crippen LogP contribution >= 0.6 is 56.7 Å². The zero-order chi connectivity index (χ0) is 38.0. The molecule has 0 aliphatic rings. The van der Waals surface area contributed by atoms with Gasteiger partial charge in [-0.25, -0.2) is 0 Å². The number of hydrogen-bond acceptors (Lipinski definition) is 7. The van der Waals surface area contributed by atoms with E-state index in [4.69, 9.17) is 0 Å². The van der Waals surface area contributed by atoms with E-state index in [-0.39, 0.29) is 0 Å². The first-order valence-electron chi connectivity index (χ1n) is 20.3. The Labute approximate surface area is 349 Å². The minimum atomic E-state index is 1.13. The fraction of sp³-hybridized carbons (Fsp3) is 0.333. The lowest BCUT2D eigenvalue weighted by atomic mass is 10.1. The van der Waals surface area contributed by atoms with E-state index in [0.29, 0.717) is 0 Å². The maximum absolute atomic E-state index is 2.57. The molecule has 7 rings (SSSR count). The van der Waals surface area contributed by atoms with Crippen molar-refractivity contribution in [2.24, 2.45) is 0 Å². The van der Waals surface area contributed by atoms with Crippen LogP contribution in [0, 0.1) is 0 Å². The van der Waals surface area contributed by atoms with Gasteiger partial charge in [0.1, 0.15) is 0 Å². The standard InChI is InChI=1S/C48H54N2S5/c1-5-9-29-49(30-10-6-2)37-19-15-35(16-20-37)40-23-25-42(52-40)39-34-47(45-27-26-44(54-45)43-14-13-33-51-43)55-48(39)46-28-24-41(53-46)36-17-21-38(22-18-36)50(31-11-7-3)32-12-8-4/h13-28,33-34H,5-12,29-32H2,1-4H3. The van der Waals surface area contributed by atoms with E-state index >= 15 is 0 Å². The highest BCUT2D eigenvalue weighted by Gasteiger charge is 2.20. The minimum absolute atomic E-state index is 1.13. The van der Waals surface area contributed by atoms with Crippen molar-refractivity contribution in [3.8, 4) is 60.6 Å². The minimum Gasteiger partial charge on any atom is -0.372 e. The van der Waals surface area contributed by atoms with Crippen molar-refractivity contribution >= 4 is 68.1 Å². The topological polar surface area (TPSA) is 6.48 Å². The van der Waals surface area contributed by atoms with Gasteiger partial charge in [0.05, 0.1) is 4.88 Å². The van der Waals surface area contributed by atoms with Gasteiger partial charge in [0.2, 0.25) is 0 Å². The van der Waals surface area contributed by atoms with E-state index in [9.17, 15) is 0 Å². The lowest BCUT2D eigenvalue weighted by molar-refractivity contribution is 0.678. The first-order chi connectivity index (χ1) is 27.1. The fourth-order valence-corrected chi connectivity index (χ4v) is 12.3. The second kappa shape index (κ2) is 19.6. The second-order valence-electron chi connectivity index (χ2n) is 14.3. The molecule has 0 radical (unpaired) electrons. The summed E-state index contributed by atoms with van der Waals surface area (Å²) in [5, 5.41) is 2.17. The van der Waals surface area contributed by atoms with Crippen LogP contribution in [0.5, 0.6) is 0 Å². The molecule has 286 valence electrons. The van der Waals surface area contributed by atoms with Crippen LogP contribution in [-0.4, -0.2) is 26.2 Å². The Morgan fingerprint density at radius 1 is 0.400 bits per heavy atom. The summed E-state index contributed by atoms with van der Waals surface area (Å²) >= 11 is 9.51. The van der Waals surface area contributed by atoms with Crippen LogP contribution in [0.2, 0.25) is 0 Å². The number of unbranched alkanes of at least 4 members (excludes halogenated alkanes) is 4. The van der Waals surface area contributed by atoms with Crippen molar-refractivity contribution in [1.82, 2.24) is 0 Å². The van der Waals surface area contributed by atoms with Crippen LogP contribution in [0.4, 0.5) is 11.4 Å². The third-order valence-electron chi connectivity index (χ3n) is 10.2. The van der Waals surface area contributed by atoms with Gasteiger partial charge in [0.15, 0.2) is 0 Å². The third kappa shape index (κ3) is 9.75. The SMILES string of the molecule is CCCCN(CCCC)c1ccc(-c2ccc(-c3cc(-c4ccc(-c5cccs5)s4)sc3-c3ccc(-c4ccc(N(CCCC)CCCC)cc4)s3)s2)cc1. The van der Waals surface area contributed by atoms with Crippen molar-refractivity contribution in [3.63, 3.8) is 0 Å². The number of benzene rings is 2. The molecule has 0 N–H and O–H groups in total. The molecule has 55 heavy (non-hydrogen) atoms. The lowest BCUT2D eigenvalue weighted by Crippen LogP contribution is -2.25. The van der Waals surface area contributed by atoms with Gasteiger partial charge in [-0.05, 0) is 115 Å². The predicted octanol–water partition coefficient (Wildman–Crippen LogP) is 16.8. The molecule has 0 fully saturated rings. The number of rotatable bonds is 20. The Morgan fingerprint density at radius 3 is 1.33 bits per heavy atom. The summed E-state index contributed by atoms with van der Waals surface area (Å²) in [5.74, 6) is 0. The van der Waals surface area contributed by atoms with E-state index in [1.807, 2.05) is 56.7 Å². The van der Waals surface area contributed by atoms with Gasteiger partial charge in [0, 0.05) is 82.1 Å². The summed E-state index contributed by atoms with van der Waals surface area (Å²) in [7, 11) is 0. The molecule has 2 nitrogen and oxygen atoms in total. The second-order valence-corrected chi connectivity index (χ2v) is 19.6. The maximum Gasteiger partial charge on any atom is 0.0536 e. The van der Waals surface area contributed by atoms with Gasteiger partial charge in [-0.1, -0.05) is 83.7 Å². The number of thiophene rings is 5. The largest absolute Gasteiger partial charge is 0.372 e. The summed E-state index contributed by atoms with van der Waals surface area (Å²) in [6.07, 6.45) is 9.85. The quantitative estimate of drug-likeness (QED) is 0.0756. The molecule has 0 saturated carbocycles.